The molecule has 0 aromatic heterocycles. The fourth-order valence-corrected chi connectivity index (χ4v) is 9.40. The molecule has 1 unspecified atom stereocenters. The smallest absolute Gasteiger partial charge is 0.262 e. The van der Waals surface area contributed by atoms with Gasteiger partial charge < -0.3 is 19.9 Å². The second-order valence-electron chi connectivity index (χ2n) is 16.3. The van der Waals surface area contributed by atoms with E-state index in [1.54, 1.807) is 30.3 Å². The molecule has 0 radical (unpaired) electrons. The number of ether oxygens (including phenoxy) is 1. The van der Waals surface area contributed by atoms with Crippen LogP contribution in [0, 0.1) is 23.2 Å². The standard InChI is InChI=1S/C44H48ClN7O6/c1-27-22-31(5-12-39(27)58-34-9-4-30(25-46)37(45)24-34)47-41(54)29-2-6-32(7-3-29)51-20-18-49(19-21-51)26-28-14-16-50(17-15-28)33-8-10-35-36(23-33)44(57)52(43(35)56)38-11-13-40(53)48-42(38)55/h2-4,6-10,23-24,27-28,31,38-39H,5,11-22,26H2,1H3,(H,47,54)(H,48,53,55)/t27-,31+,38?,39+/m0/s1. The van der Waals surface area contributed by atoms with Crippen molar-refractivity contribution in [2.45, 2.75) is 70.1 Å². The lowest BCUT2D eigenvalue weighted by atomic mass is 9.84. The molecular formula is C44H48ClN7O6. The average Bonchev–Trinajstić information content (AvgIpc) is 3.47. The molecule has 0 spiro atoms. The number of benzene rings is 3. The monoisotopic (exact) mass is 805 g/mol. The third kappa shape index (κ3) is 8.26. The van der Waals surface area contributed by atoms with Crippen LogP contribution in [-0.4, -0.2) is 103 Å². The van der Waals surface area contributed by atoms with E-state index in [1.165, 1.54) is 0 Å². The highest BCUT2D eigenvalue weighted by Crippen LogP contribution is 2.34. The Kier molecular flexibility index (Phi) is 11.4. The van der Waals surface area contributed by atoms with E-state index in [9.17, 15) is 24.0 Å². The number of amides is 5. The van der Waals surface area contributed by atoms with Crippen LogP contribution < -0.4 is 25.2 Å². The van der Waals surface area contributed by atoms with E-state index in [4.69, 9.17) is 21.6 Å². The summed E-state index contributed by atoms with van der Waals surface area (Å²) in [4.78, 5) is 71.9. The largest absolute Gasteiger partial charge is 0.490 e. The maximum atomic E-state index is 13.3. The van der Waals surface area contributed by atoms with Gasteiger partial charge in [0, 0.05) is 81.3 Å². The number of nitrogens with one attached hydrogen (secondary N) is 2. The van der Waals surface area contributed by atoms with Gasteiger partial charge in [0.15, 0.2) is 0 Å². The number of anilines is 2. The summed E-state index contributed by atoms with van der Waals surface area (Å²) >= 11 is 6.19. The van der Waals surface area contributed by atoms with Crippen molar-refractivity contribution < 1.29 is 28.7 Å². The molecular weight excluding hydrogens is 758 g/mol. The third-order valence-electron chi connectivity index (χ3n) is 12.6. The lowest BCUT2D eigenvalue weighted by Crippen LogP contribution is -2.54. The summed E-state index contributed by atoms with van der Waals surface area (Å²) in [7, 11) is 0. The summed E-state index contributed by atoms with van der Waals surface area (Å²) in [6, 6.07) is 19.6. The summed E-state index contributed by atoms with van der Waals surface area (Å²) in [5.41, 5.74) is 3.71. The molecule has 5 amide bonds. The molecule has 4 heterocycles. The highest BCUT2D eigenvalue weighted by atomic mass is 35.5. The van der Waals surface area contributed by atoms with Gasteiger partial charge in [0.05, 0.1) is 21.7 Å². The minimum Gasteiger partial charge on any atom is -0.490 e. The Morgan fingerprint density at radius 3 is 2.24 bits per heavy atom. The number of nitriles is 1. The Morgan fingerprint density at radius 1 is 0.845 bits per heavy atom. The van der Waals surface area contributed by atoms with Crippen molar-refractivity contribution in [3.63, 3.8) is 0 Å². The van der Waals surface area contributed by atoms with Crippen LogP contribution in [0.1, 0.15) is 88.5 Å². The van der Waals surface area contributed by atoms with Gasteiger partial charge in [-0.1, -0.05) is 18.5 Å². The SMILES string of the molecule is C[C@H]1C[C@H](NC(=O)c2ccc(N3CCN(CC4CCN(c5ccc6c(c5)C(=O)N(C5CCC(=O)NC5=O)C6=O)CC4)CC3)cc2)CC[C@H]1Oc1ccc(C#N)c(Cl)c1. The summed E-state index contributed by atoms with van der Waals surface area (Å²) < 4.78 is 6.21. The van der Waals surface area contributed by atoms with E-state index in [-0.39, 0.29) is 36.8 Å². The number of piperazine rings is 1. The van der Waals surface area contributed by atoms with Gasteiger partial charge in [0.1, 0.15) is 24.0 Å². The van der Waals surface area contributed by atoms with Gasteiger partial charge in [-0.15, -0.1) is 0 Å². The zero-order valence-electron chi connectivity index (χ0n) is 32.6. The van der Waals surface area contributed by atoms with Crippen LogP contribution in [0.25, 0.3) is 0 Å². The molecule has 8 rings (SSSR count). The van der Waals surface area contributed by atoms with Crippen LogP contribution in [0.4, 0.5) is 11.4 Å². The van der Waals surface area contributed by atoms with Crippen molar-refractivity contribution in [3.05, 3.63) is 87.9 Å². The summed E-state index contributed by atoms with van der Waals surface area (Å²) in [6.07, 6.45) is 4.75. The number of carbonyl (C=O) groups is 5. The van der Waals surface area contributed by atoms with E-state index in [1.807, 2.05) is 30.3 Å². The molecule has 2 N–H and O–H groups in total. The molecule has 0 bridgehead atoms. The first kappa shape index (κ1) is 39.4. The molecule has 5 aliphatic rings. The summed E-state index contributed by atoms with van der Waals surface area (Å²) in [5, 5.41) is 15.0. The fourth-order valence-electron chi connectivity index (χ4n) is 9.18. The molecule has 14 heteroatoms. The van der Waals surface area contributed by atoms with Crippen LogP contribution in [0.15, 0.2) is 60.7 Å². The van der Waals surface area contributed by atoms with Crippen LogP contribution in [0.3, 0.4) is 0 Å². The van der Waals surface area contributed by atoms with Crippen molar-refractivity contribution in [1.82, 2.24) is 20.4 Å². The number of carbonyl (C=O) groups excluding carboxylic acids is 5. The second-order valence-corrected chi connectivity index (χ2v) is 16.7. The average molecular weight is 806 g/mol. The zero-order chi connectivity index (χ0) is 40.5. The van der Waals surface area contributed by atoms with E-state index in [0.717, 1.165) is 94.2 Å². The molecule has 4 atom stereocenters. The van der Waals surface area contributed by atoms with Gasteiger partial charge in [-0.3, -0.25) is 39.1 Å². The minimum absolute atomic E-state index is 0.0131. The number of piperidine rings is 2. The number of fused-ring (bicyclic) bond motifs is 1. The molecule has 4 aliphatic heterocycles. The Morgan fingerprint density at radius 2 is 1.55 bits per heavy atom. The van der Waals surface area contributed by atoms with Crippen molar-refractivity contribution in [1.29, 1.82) is 5.26 Å². The first-order chi connectivity index (χ1) is 28.0. The Hall–Kier alpha value is -5.45. The van der Waals surface area contributed by atoms with Gasteiger partial charge in [-0.05, 0) is 105 Å². The molecule has 13 nitrogen and oxygen atoms in total. The van der Waals surface area contributed by atoms with E-state index in [0.29, 0.717) is 38.9 Å². The zero-order valence-corrected chi connectivity index (χ0v) is 33.4. The third-order valence-corrected chi connectivity index (χ3v) is 12.9. The van der Waals surface area contributed by atoms with Gasteiger partial charge in [0.2, 0.25) is 11.8 Å². The van der Waals surface area contributed by atoms with Gasteiger partial charge >= 0.3 is 0 Å². The lowest BCUT2D eigenvalue weighted by molar-refractivity contribution is -0.136. The van der Waals surface area contributed by atoms with Crippen molar-refractivity contribution in [2.75, 3.05) is 55.6 Å². The normalized spacial score (nSPS) is 24.3. The van der Waals surface area contributed by atoms with Crippen molar-refractivity contribution >= 4 is 52.5 Å². The second kappa shape index (κ2) is 16.8. The van der Waals surface area contributed by atoms with Gasteiger partial charge in [-0.25, -0.2) is 0 Å². The number of nitrogens with zero attached hydrogens (tertiary/aromatic N) is 5. The molecule has 3 aromatic rings. The quantitative estimate of drug-likeness (QED) is 0.282. The highest BCUT2D eigenvalue weighted by Gasteiger charge is 2.45. The minimum atomic E-state index is -0.969. The predicted octanol–water partition coefficient (Wildman–Crippen LogP) is 5.02. The molecule has 4 fully saturated rings. The molecule has 3 aromatic carbocycles. The van der Waals surface area contributed by atoms with Crippen molar-refractivity contribution in [3.8, 4) is 11.8 Å². The molecule has 3 saturated heterocycles. The Labute approximate surface area is 343 Å². The number of hydrogen-bond donors (Lipinski definition) is 2. The lowest BCUT2D eigenvalue weighted by Gasteiger charge is -2.40. The molecule has 1 aliphatic carbocycles. The van der Waals surface area contributed by atoms with E-state index < -0.39 is 29.7 Å². The number of halogens is 1. The molecule has 302 valence electrons. The number of rotatable bonds is 9. The maximum Gasteiger partial charge on any atom is 0.262 e. The number of hydrogen-bond acceptors (Lipinski definition) is 10. The summed E-state index contributed by atoms with van der Waals surface area (Å²) in [6.45, 7) is 8.65. The highest BCUT2D eigenvalue weighted by molar-refractivity contribution is 6.31. The summed E-state index contributed by atoms with van der Waals surface area (Å²) in [5.74, 6) is -0.566. The van der Waals surface area contributed by atoms with Crippen molar-refractivity contribution in [2.24, 2.45) is 11.8 Å². The van der Waals surface area contributed by atoms with E-state index >= 15 is 0 Å². The Bertz CT molecular complexity index is 2140. The van der Waals surface area contributed by atoms with Crippen LogP contribution in [0.2, 0.25) is 5.02 Å². The van der Waals surface area contributed by atoms with Crippen LogP contribution >= 0.6 is 11.6 Å². The first-order valence-electron chi connectivity index (χ1n) is 20.4. The fraction of sp³-hybridized carbons (Fsp3) is 0.455. The topological polar surface area (TPSA) is 155 Å². The van der Waals surface area contributed by atoms with E-state index in [2.05, 4.69) is 38.3 Å². The molecule has 58 heavy (non-hydrogen) atoms. The molecule has 1 saturated carbocycles. The predicted molar refractivity (Wildman–Crippen MR) is 218 cm³/mol. The first-order valence-corrected chi connectivity index (χ1v) is 20.8. The number of imide groups is 2. The van der Waals surface area contributed by atoms with Gasteiger partial charge in [0.25, 0.3) is 17.7 Å². The maximum absolute atomic E-state index is 13.3. The van der Waals surface area contributed by atoms with Gasteiger partial charge in [-0.2, -0.15) is 5.26 Å². The van der Waals surface area contributed by atoms with Crippen LogP contribution in [-0.2, 0) is 9.59 Å². The van der Waals surface area contributed by atoms with Crippen LogP contribution in [0.5, 0.6) is 5.75 Å². The Balaban J connectivity index is 0.760.